The Morgan fingerprint density at radius 2 is 2.06 bits per heavy atom. The molecule has 3 aromatic rings. The van der Waals surface area contributed by atoms with Crippen LogP contribution < -0.4 is 0 Å². The zero-order chi connectivity index (χ0) is 11.8. The van der Waals surface area contributed by atoms with Crippen LogP contribution in [0.3, 0.4) is 0 Å². The second-order valence-electron chi connectivity index (χ2n) is 3.86. The predicted molar refractivity (Wildman–Crippen MR) is 69.2 cm³/mol. The fourth-order valence-electron chi connectivity index (χ4n) is 1.88. The Balaban J connectivity index is 2.19. The fourth-order valence-corrected chi connectivity index (χ4v) is 2.16. The smallest absolute Gasteiger partial charge is 0.117 e. The maximum Gasteiger partial charge on any atom is 0.117 e. The van der Waals surface area contributed by atoms with Crippen molar-refractivity contribution in [2.45, 2.75) is 0 Å². The number of phenolic OH excluding ortho intramolecular Hbond substituents is 1. The van der Waals surface area contributed by atoms with Crippen LogP contribution in [0.15, 0.2) is 42.6 Å². The minimum Gasteiger partial charge on any atom is -0.508 e. The molecule has 3 heteroatoms. The van der Waals surface area contributed by atoms with Crippen molar-refractivity contribution >= 4 is 22.5 Å². The van der Waals surface area contributed by atoms with E-state index in [9.17, 15) is 5.11 Å². The van der Waals surface area contributed by atoms with E-state index < -0.39 is 0 Å². The molecule has 0 saturated carbocycles. The summed E-state index contributed by atoms with van der Waals surface area (Å²) in [7, 11) is 0. The molecular weight excluding hydrogens is 234 g/mol. The Hall–Kier alpha value is -1.93. The van der Waals surface area contributed by atoms with Crippen LogP contribution in [0.25, 0.3) is 22.0 Å². The SMILES string of the molecule is Oc1c[c]c(-c2ccc3cc[nH]c3c2)c(Cl)c1. The molecule has 0 fully saturated rings. The summed E-state index contributed by atoms with van der Waals surface area (Å²) in [6.45, 7) is 0. The molecule has 1 radical (unpaired) electrons. The molecule has 17 heavy (non-hydrogen) atoms. The third-order valence-electron chi connectivity index (χ3n) is 2.72. The summed E-state index contributed by atoms with van der Waals surface area (Å²) in [5.41, 5.74) is 2.82. The number of aromatic hydroxyl groups is 1. The highest BCUT2D eigenvalue weighted by molar-refractivity contribution is 6.33. The highest BCUT2D eigenvalue weighted by atomic mass is 35.5. The van der Waals surface area contributed by atoms with Crippen LogP contribution in [-0.2, 0) is 0 Å². The molecule has 1 heterocycles. The molecule has 3 rings (SSSR count). The van der Waals surface area contributed by atoms with Crippen LogP contribution in [0.4, 0.5) is 0 Å². The van der Waals surface area contributed by atoms with Gasteiger partial charge in [-0.2, -0.15) is 0 Å². The maximum atomic E-state index is 9.30. The highest BCUT2D eigenvalue weighted by Crippen LogP contribution is 2.31. The molecule has 0 spiro atoms. The highest BCUT2D eigenvalue weighted by Gasteiger charge is 2.06. The van der Waals surface area contributed by atoms with Gasteiger partial charge in [0.15, 0.2) is 0 Å². The van der Waals surface area contributed by atoms with E-state index in [4.69, 9.17) is 11.6 Å². The summed E-state index contributed by atoms with van der Waals surface area (Å²) in [5.74, 6) is 0.125. The van der Waals surface area contributed by atoms with E-state index >= 15 is 0 Å². The van der Waals surface area contributed by atoms with Crippen molar-refractivity contribution in [2.24, 2.45) is 0 Å². The molecule has 2 nitrogen and oxygen atoms in total. The number of phenols is 1. The third-order valence-corrected chi connectivity index (χ3v) is 3.02. The Kier molecular flexibility index (Phi) is 2.30. The molecule has 2 N–H and O–H groups in total. The number of fused-ring (bicyclic) bond motifs is 1. The van der Waals surface area contributed by atoms with Crippen LogP contribution in [0.2, 0.25) is 5.02 Å². The normalized spacial score (nSPS) is 10.9. The minimum absolute atomic E-state index is 0.125. The number of aromatic amines is 1. The molecule has 0 saturated heterocycles. The number of H-pyrrole nitrogens is 1. The number of rotatable bonds is 1. The van der Waals surface area contributed by atoms with E-state index in [2.05, 4.69) is 11.1 Å². The first-order valence-electron chi connectivity index (χ1n) is 5.22. The molecule has 0 unspecified atom stereocenters. The lowest BCUT2D eigenvalue weighted by atomic mass is 10.0. The van der Waals surface area contributed by atoms with Gasteiger partial charge in [0.1, 0.15) is 5.75 Å². The summed E-state index contributed by atoms with van der Waals surface area (Å²) >= 11 is 6.09. The lowest BCUT2D eigenvalue weighted by Crippen LogP contribution is -1.80. The topological polar surface area (TPSA) is 36.0 Å². The summed E-state index contributed by atoms with van der Waals surface area (Å²) in [6, 6.07) is 14.1. The summed E-state index contributed by atoms with van der Waals surface area (Å²) < 4.78 is 0. The van der Waals surface area contributed by atoms with Gasteiger partial charge in [-0.25, -0.2) is 0 Å². The quantitative estimate of drug-likeness (QED) is 0.665. The molecule has 0 aliphatic rings. The Labute approximate surface area is 103 Å². The first kappa shape index (κ1) is 10.2. The number of aromatic nitrogens is 1. The molecule has 0 atom stereocenters. The standard InChI is InChI=1S/C14H9ClNO/c15-13-8-11(17)3-4-12(13)10-2-1-9-5-6-16-14(9)7-10/h1-3,5-8,16-17H. The lowest BCUT2D eigenvalue weighted by molar-refractivity contribution is 0.475. The van der Waals surface area contributed by atoms with Gasteiger partial charge in [-0.15, -0.1) is 0 Å². The summed E-state index contributed by atoms with van der Waals surface area (Å²) in [6.07, 6.45) is 1.90. The van der Waals surface area contributed by atoms with Gasteiger partial charge in [-0.3, -0.25) is 0 Å². The Morgan fingerprint density at radius 1 is 1.18 bits per heavy atom. The van der Waals surface area contributed by atoms with Crippen molar-refractivity contribution in [3.8, 4) is 16.9 Å². The number of hydrogen-bond acceptors (Lipinski definition) is 1. The van der Waals surface area contributed by atoms with E-state index in [0.29, 0.717) is 5.02 Å². The summed E-state index contributed by atoms with van der Waals surface area (Å²) in [5, 5.41) is 11.0. The van der Waals surface area contributed by atoms with Gasteiger partial charge in [0.2, 0.25) is 0 Å². The third kappa shape index (κ3) is 1.77. The zero-order valence-corrected chi connectivity index (χ0v) is 9.62. The number of nitrogens with one attached hydrogen (secondary N) is 1. The van der Waals surface area contributed by atoms with Crippen molar-refractivity contribution in [1.82, 2.24) is 4.98 Å². The van der Waals surface area contributed by atoms with E-state index in [1.807, 2.05) is 30.5 Å². The largest absolute Gasteiger partial charge is 0.508 e. The van der Waals surface area contributed by atoms with Gasteiger partial charge in [-0.05, 0) is 41.3 Å². The van der Waals surface area contributed by atoms with Crippen LogP contribution in [-0.4, -0.2) is 10.1 Å². The van der Waals surface area contributed by atoms with Crippen LogP contribution in [0, 0.1) is 6.07 Å². The van der Waals surface area contributed by atoms with E-state index in [0.717, 1.165) is 22.0 Å². The fraction of sp³-hybridized carbons (Fsp3) is 0. The van der Waals surface area contributed by atoms with Crippen molar-refractivity contribution in [3.05, 3.63) is 53.7 Å². The van der Waals surface area contributed by atoms with Crippen molar-refractivity contribution in [3.63, 3.8) is 0 Å². The van der Waals surface area contributed by atoms with Gasteiger partial charge >= 0.3 is 0 Å². The number of benzene rings is 2. The predicted octanol–water partition coefficient (Wildman–Crippen LogP) is 3.99. The van der Waals surface area contributed by atoms with E-state index in [1.54, 1.807) is 0 Å². The van der Waals surface area contributed by atoms with Gasteiger partial charge in [0, 0.05) is 17.3 Å². The number of hydrogen-bond donors (Lipinski definition) is 2. The molecular formula is C14H9ClNO. The van der Waals surface area contributed by atoms with Crippen LogP contribution in [0.1, 0.15) is 0 Å². The lowest BCUT2D eigenvalue weighted by Gasteiger charge is -2.04. The van der Waals surface area contributed by atoms with Gasteiger partial charge in [0.05, 0.1) is 5.02 Å². The van der Waals surface area contributed by atoms with Crippen molar-refractivity contribution in [2.75, 3.05) is 0 Å². The van der Waals surface area contributed by atoms with Gasteiger partial charge in [0.25, 0.3) is 0 Å². The van der Waals surface area contributed by atoms with E-state index in [-0.39, 0.29) is 5.75 Å². The molecule has 0 bridgehead atoms. The minimum atomic E-state index is 0.125. The molecule has 1 aromatic heterocycles. The second kappa shape index (κ2) is 3.82. The first-order valence-corrected chi connectivity index (χ1v) is 5.59. The maximum absolute atomic E-state index is 9.30. The molecule has 0 amide bonds. The average molecular weight is 243 g/mol. The van der Waals surface area contributed by atoms with Crippen LogP contribution in [0.5, 0.6) is 5.75 Å². The van der Waals surface area contributed by atoms with Gasteiger partial charge in [-0.1, -0.05) is 23.7 Å². The van der Waals surface area contributed by atoms with Crippen molar-refractivity contribution < 1.29 is 5.11 Å². The van der Waals surface area contributed by atoms with E-state index in [1.165, 1.54) is 12.1 Å². The van der Waals surface area contributed by atoms with Crippen molar-refractivity contribution in [1.29, 1.82) is 0 Å². The first-order chi connectivity index (χ1) is 8.24. The van der Waals surface area contributed by atoms with Crippen LogP contribution >= 0.6 is 11.6 Å². The second-order valence-corrected chi connectivity index (χ2v) is 4.27. The molecule has 83 valence electrons. The molecule has 0 aliphatic carbocycles. The average Bonchev–Trinajstić information content (AvgIpc) is 2.75. The Morgan fingerprint density at radius 3 is 2.88 bits per heavy atom. The Bertz CT molecular complexity index is 688. The zero-order valence-electron chi connectivity index (χ0n) is 8.87. The molecule has 2 aromatic carbocycles. The monoisotopic (exact) mass is 242 g/mol. The molecule has 0 aliphatic heterocycles. The summed E-state index contributed by atoms with van der Waals surface area (Å²) in [4.78, 5) is 3.15. The van der Waals surface area contributed by atoms with Gasteiger partial charge < -0.3 is 10.1 Å². The number of halogens is 1.